The third-order valence-electron chi connectivity index (χ3n) is 2.68. The van der Waals surface area contributed by atoms with Gasteiger partial charge in [0.15, 0.2) is 5.82 Å². The van der Waals surface area contributed by atoms with Crippen molar-refractivity contribution in [2.75, 3.05) is 23.7 Å². The largest absolute Gasteiger partial charge is 0.394 e. The number of hydrogen-bond donors (Lipinski definition) is 1. The molecule has 76 valence electrons. The molecule has 1 aromatic heterocycles. The zero-order valence-electron chi connectivity index (χ0n) is 8.48. The predicted molar refractivity (Wildman–Crippen MR) is 57.1 cm³/mol. The van der Waals surface area contributed by atoms with Crippen LogP contribution in [-0.2, 0) is 0 Å². The summed E-state index contributed by atoms with van der Waals surface area (Å²) in [6, 6.07) is 0. The maximum absolute atomic E-state index is 5.83. The number of nitrogen functional groups attached to an aromatic ring is 1. The van der Waals surface area contributed by atoms with Gasteiger partial charge >= 0.3 is 0 Å². The van der Waals surface area contributed by atoms with Crippen LogP contribution in [0.4, 0.5) is 11.5 Å². The monoisotopic (exact) mass is 192 g/mol. The van der Waals surface area contributed by atoms with E-state index in [2.05, 4.69) is 21.8 Å². The highest BCUT2D eigenvalue weighted by molar-refractivity contribution is 5.60. The van der Waals surface area contributed by atoms with Crippen LogP contribution in [0, 0.1) is 5.92 Å². The Bertz CT molecular complexity index is 313. The summed E-state index contributed by atoms with van der Waals surface area (Å²) in [7, 11) is 0. The fraction of sp³-hybridized carbons (Fsp3) is 0.600. The highest BCUT2D eigenvalue weighted by atomic mass is 15.2. The van der Waals surface area contributed by atoms with Gasteiger partial charge in [0.2, 0.25) is 0 Å². The maximum Gasteiger partial charge on any atom is 0.155 e. The van der Waals surface area contributed by atoms with Crippen molar-refractivity contribution >= 4 is 11.5 Å². The predicted octanol–water partition coefficient (Wildman–Crippen LogP) is 1.30. The molecule has 4 nitrogen and oxygen atoms in total. The van der Waals surface area contributed by atoms with Gasteiger partial charge in [0, 0.05) is 13.1 Å². The number of rotatable bonds is 1. The van der Waals surface area contributed by atoms with Crippen LogP contribution in [0.2, 0.25) is 0 Å². The molecule has 2 heterocycles. The molecule has 1 aliphatic rings. The molecule has 0 spiro atoms. The van der Waals surface area contributed by atoms with Gasteiger partial charge in [-0.25, -0.2) is 9.97 Å². The number of nitrogens with two attached hydrogens (primary N) is 1. The summed E-state index contributed by atoms with van der Waals surface area (Å²) in [5.74, 6) is 1.63. The molecule has 2 N–H and O–H groups in total. The van der Waals surface area contributed by atoms with Crippen LogP contribution < -0.4 is 10.6 Å². The van der Waals surface area contributed by atoms with Crippen LogP contribution in [0.1, 0.15) is 19.8 Å². The zero-order chi connectivity index (χ0) is 9.97. The van der Waals surface area contributed by atoms with E-state index in [9.17, 15) is 0 Å². The van der Waals surface area contributed by atoms with E-state index in [1.165, 1.54) is 12.8 Å². The summed E-state index contributed by atoms with van der Waals surface area (Å²) in [5.41, 5.74) is 6.51. The molecule has 1 unspecified atom stereocenters. The lowest BCUT2D eigenvalue weighted by Crippen LogP contribution is -2.35. The van der Waals surface area contributed by atoms with Crippen molar-refractivity contribution < 1.29 is 0 Å². The zero-order valence-corrected chi connectivity index (χ0v) is 8.48. The molecule has 0 saturated carbocycles. The molecular weight excluding hydrogens is 176 g/mol. The second kappa shape index (κ2) is 3.82. The average molecular weight is 192 g/mol. The lowest BCUT2D eigenvalue weighted by atomic mass is 10.0. The highest BCUT2D eigenvalue weighted by Gasteiger charge is 2.18. The van der Waals surface area contributed by atoms with Gasteiger partial charge in [-0.1, -0.05) is 6.92 Å². The van der Waals surface area contributed by atoms with Crippen LogP contribution in [-0.4, -0.2) is 23.1 Å². The first-order valence-corrected chi connectivity index (χ1v) is 5.08. The topological polar surface area (TPSA) is 55.0 Å². The van der Waals surface area contributed by atoms with E-state index in [4.69, 9.17) is 5.73 Å². The van der Waals surface area contributed by atoms with Crippen LogP contribution in [0.15, 0.2) is 12.5 Å². The van der Waals surface area contributed by atoms with Crippen molar-refractivity contribution in [3.63, 3.8) is 0 Å². The highest BCUT2D eigenvalue weighted by Crippen LogP contribution is 2.24. The van der Waals surface area contributed by atoms with Crippen molar-refractivity contribution in [2.24, 2.45) is 5.92 Å². The summed E-state index contributed by atoms with van der Waals surface area (Å²) in [4.78, 5) is 10.4. The molecule has 4 heteroatoms. The number of piperidine rings is 1. The molecule has 2 rings (SSSR count). The van der Waals surface area contributed by atoms with Crippen LogP contribution in [0.25, 0.3) is 0 Å². The molecule has 1 atom stereocenters. The van der Waals surface area contributed by atoms with Crippen molar-refractivity contribution in [2.45, 2.75) is 19.8 Å². The Balaban J connectivity index is 2.18. The number of aromatic nitrogens is 2. The van der Waals surface area contributed by atoms with Gasteiger partial charge in [-0.05, 0) is 18.8 Å². The third-order valence-corrected chi connectivity index (χ3v) is 2.68. The number of anilines is 2. The smallest absolute Gasteiger partial charge is 0.155 e. The van der Waals surface area contributed by atoms with Crippen molar-refractivity contribution in [3.05, 3.63) is 12.5 Å². The van der Waals surface area contributed by atoms with Crippen molar-refractivity contribution in [1.29, 1.82) is 0 Å². The third kappa shape index (κ3) is 1.78. The fourth-order valence-electron chi connectivity index (χ4n) is 1.98. The Kier molecular flexibility index (Phi) is 2.52. The van der Waals surface area contributed by atoms with E-state index in [1.54, 1.807) is 12.5 Å². The Hall–Kier alpha value is -1.32. The van der Waals surface area contributed by atoms with Crippen molar-refractivity contribution in [1.82, 2.24) is 9.97 Å². The van der Waals surface area contributed by atoms with E-state index in [-0.39, 0.29) is 0 Å². The molecule has 1 saturated heterocycles. The van der Waals surface area contributed by atoms with E-state index < -0.39 is 0 Å². The van der Waals surface area contributed by atoms with E-state index in [0.29, 0.717) is 5.69 Å². The van der Waals surface area contributed by atoms with Crippen LogP contribution in [0.3, 0.4) is 0 Å². The van der Waals surface area contributed by atoms with Gasteiger partial charge in [-0.15, -0.1) is 0 Å². The molecule has 1 aliphatic heterocycles. The Morgan fingerprint density at radius 1 is 1.57 bits per heavy atom. The first kappa shape index (κ1) is 9.24. The number of nitrogens with zero attached hydrogens (tertiary/aromatic N) is 3. The van der Waals surface area contributed by atoms with Gasteiger partial charge in [0.1, 0.15) is 6.33 Å². The van der Waals surface area contributed by atoms with Gasteiger partial charge in [-0.2, -0.15) is 0 Å². The molecule has 0 radical (unpaired) electrons. The first-order valence-electron chi connectivity index (χ1n) is 5.08. The Morgan fingerprint density at radius 2 is 2.43 bits per heavy atom. The van der Waals surface area contributed by atoms with E-state index in [0.717, 1.165) is 24.8 Å². The molecule has 0 aromatic carbocycles. The molecule has 0 amide bonds. The second-order valence-electron chi connectivity index (χ2n) is 4.00. The minimum atomic E-state index is 0.682. The van der Waals surface area contributed by atoms with Gasteiger partial charge in [0.25, 0.3) is 0 Å². The molecule has 1 fully saturated rings. The summed E-state index contributed by atoms with van der Waals surface area (Å²) in [5, 5.41) is 0. The average Bonchev–Trinajstić information content (AvgIpc) is 2.18. The fourth-order valence-corrected chi connectivity index (χ4v) is 1.98. The maximum atomic E-state index is 5.83. The molecule has 14 heavy (non-hydrogen) atoms. The molecular formula is C10H16N4. The normalized spacial score (nSPS) is 22.4. The Morgan fingerprint density at radius 3 is 3.14 bits per heavy atom. The second-order valence-corrected chi connectivity index (χ2v) is 4.00. The minimum Gasteiger partial charge on any atom is -0.394 e. The summed E-state index contributed by atoms with van der Waals surface area (Å²) in [6.07, 6.45) is 5.76. The molecule has 0 aliphatic carbocycles. The van der Waals surface area contributed by atoms with Crippen LogP contribution in [0.5, 0.6) is 0 Å². The van der Waals surface area contributed by atoms with Crippen LogP contribution >= 0.6 is 0 Å². The van der Waals surface area contributed by atoms with E-state index >= 15 is 0 Å². The quantitative estimate of drug-likeness (QED) is 0.728. The standard InChI is InChI=1S/C10H16N4/c1-8-3-2-4-14(6-8)10-9(11)5-12-7-13-10/h5,7-8H,2-4,6,11H2,1H3. The Labute approximate surface area is 84.2 Å². The minimum absolute atomic E-state index is 0.682. The van der Waals surface area contributed by atoms with E-state index in [1.807, 2.05) is 0 Å². The summed E-state index contributed by atoms with van der Waals surface area (Å²) in [6.45, 7) is 4.39. The summed E-state index contributed by atoms with van der Waals surface area (Å²) < 4.78 is 0. The lowest BCUT2D eigenvalue weighted by Gasteiger charge is -2.32. The van der Waals surface area contributed by atoms with Crippen molar-refractivity contribution in [3.8, 4) is 0 Å². The first-order chi connectivity index (χ1) is 6.77. The van der Waals surface area contributed by atoms with Gasteiger partial charge in [0.05, 0.1) is 11.9 Å². The van der Waals surface area contributed by atoms with Gasteiger partial charge in [-0.3, -0.25) is 0 Å². The van der Waals surface area contributed by atoms with Gasteiger partial charge < -0.3 is 10.6 Å². The lowest BCUT2D eigenvalue weighted by molar-refractivity contribution is 0.445. The SMILES string of the molecule is CC1CCCN(c2ncncc2N)C1. The molecule has 0 bridgehead atoms. The summed E-state index contributed by atoms with van der Waals surface area (Å²) >= 11 is 0. The number of hydrogen-bond acceptors (Lipinski definition) is 4. The molecule has 1 aromatic rings.